The Morgan fingerprint density at radius 3 is 2.67 bits per heavy atom. The summed E-state index contributed by atoms with van der Waals surface area (Å²) in [5.74, 6) is 1.09. The maximum atomic E-state index is 11.8. The molecule has 3 heteroatoms. The van der Waals surface area contributed by atoms with Gasteiger partial charge in [-0.05, 0) is 48.5 Å². The quantitative estimate of drug-likeness (QED) is 0.428. The van der Waals surface area contributed by atoms with Crippen LogP contribution in [0.25, 0.3) is 0 Å². The van der Waals surface area contributed by atoms with Gasteiger partial charge in [0.15, 0.2) is 0 Å². The highest BCUT2D eigenvalue weighted by Crippen LogP contribution is 2.61. The predicted molar refractivity (Wildman–Crippen MR) is 68.4 cm³/mol. The van der Waals surface area contributed by atoms with Crippen LogP contribution in [0.2, 0.25) is 0 Å². The van der Waals surface area contributed by atoms with Gasteiger partial charge >= 0.3 is 5.97 Å². The van der Waals surface area contributed by atoms with Gasteiger partial charge < -0.3 is 4.74 Å². The highest BCUT2D eigenvalue weighted by Gasteiger charge is 2.53. The van der Waals surface area contributed by atoms with Crippen LogP contribution in [-0.2, 0) is 9.53 Å². The fraction of sp³-hybridized carbons (Fsp3) is 0.733. The minimum atomic E-state index is -0.437. The van der Waals surface area contributed by atoms with Gasteiger partial charge in [-0.15, -0.1) is 0 Å². The number of nitrogens with zero attached hydrogens (tertiary/aromatic N) is 1. The molecule has 0 aromatic carbocycles. The number of hydrogen-bond donors (Lipinski definition) is 0. The van der Waals surface area contributed by atoms with E-state index in [0.29, 0.717) is 29.8 Å². The summed E-state index contributed by atoms with van der Waals surface area (Å²) in [6.45, 7) is 8.94. The molecule has 0 aromatic rings. The van der Waals surface area contributed by atoms with Gasteiger partial charge in [0.25, 0.3) is 0 Å². The van der Waals surface area contributed by atoms with E-state index in [9.17, 15) is 10.1 Å². The summed E-state index contributed by atoms with van der Waals surface area (Å²) in [4.78, 5) is 11.8. The molecule has 0 saturated heterocycles. The van der Waals surface area contributed by atoms with Crippen molar-refractivity contribution in [2.45, 2.75) is 40.5 Å². The normalized spacial score (nSPS) is 35.2. The summed E-state index contributed by atoms with van der Waals surface area (Å²) >= 11 is 0. The Labute approximate surface area is 109 Å². The molecule has 2 rings (SSSR count). The molecule has 2 aliphatic carbocycles. The van der Waals surface area contributed by atoms with Gasteiger partial charge in [0, 0.05) is 0 Å². The molecular weight excluding hydrogens is 226 g/mol. The first-order chi connectivity index (χ1) is 8.43. The van der Waals surface area contributed by atoms with Gasteiger partial charge in [0.2, 0.25) is 0 Å². The lowest BCUT2D eigenvalue weighted by molar-refractivity contribution is -0.138. The zero-order valence-corrected chi connectivity index (χ0v) is 11.6. The summed E-state index contributed by atoms with van der Waals surface area (Å²) in [5, 5.41) is 9.22. The van der Waals surface area contributed by atoms with Crippen LogP contribution in [0.15, 0.2) is 11.1 Å². The average Bonchev–Trinajstić information content (AvgIpc) is 2.81. The molecule has 3 atom stereocenters. The third-order valence-electron chi connectivity index (χ3n) is 5.19. The lowest BCUT2D eigenvalue weighted by Crippen LogP contribution is -2.30. The van der Waals surface area contributed by atoms with Gasteiger partial charge in [-0.25, -0.2) is 4.79 Å². The van der Waals surface area contributed by atoms with Crippen LogP contribution in [0.1, 0.15) is 40.5 Å². The van der Waals surface area contributed by atoms with Crippen molar-refractivity contribution < 1.29 is 9.53 Å². The Bertz CT molecular complexity index is 438. The van der Waals surface area contributed by atoms with E-state index in [-0.39, 0.29) is 5.57 Å². The minimum Gasteiger partial charge on any atom is -0.462 e. The number of carbonyl (C=O) groups is 1. The van der Waals surface area contributed by atoms with Crippen LogP contribution >= 0.6 is 0 Å². The molecule has 98 valence electrons. The van der Waals surface area contributed by atoms with Gasteiger partial charge in [-0.3, -0.25) is 0 Å². The Hall–Kier alpha value is -1.30. The Morgan fingerprint density at radius 2 is 2.22 bits per heavy atom. The van der Waals surface area contributed by atoms with Crippen molar-refractivity contribution in [1.82, 2.24) is 0 Å². The Kier molecular flexibility index (Phi) is 3.23. The van der Waals surface area contributed by atoms with E-state index in [1.807, 2.05) is 0 Å². The monoisotopic (exact) mass is 247 g/mol. The molecule has 0 heterocycles. The summed E-state index contributed by atoms with van der Waals surface area (Å²) in [6, 6.07) is 2.07. The fourth-order valence-corrected chi connectivity index (χ4v) is 3.65. The maximum absolute atomic E-state index is 11.8. The number of fused-ring (bicyclic) bond motifs is 2. The van der Waals surface area contributed by atoms with Crippen molar-refractivity contribution in [3.63, 3.8) is 0 Å². The molecule has 0 aliphatic heterocycles. The van der Waals surface area contributed by atoms with Crippen LogP contribution in [0.5, 0.6) is 0 Å². The maximum Gasteiger partial charge on any atom is 0.348 e. The second kappa shape index (κ2) is 4.42. The summed E-state index contributed by atoms with van der Waals surface area (Å²) in [6.07, 6.45) is 2.01. The molecule has 0 aromatic heterocycles. The third-order valence-corrected chi connectivity index (χ3v) is 5.19. The molecule has 0 radical (unpaired) electrons. The second-order valence-electron chi connectivity index (χ2n) is 6.09. The number of nitriles is 1. The number of rotatable bonds is 2. The summed E-state index contributed by atoms with van der Waals surface area (Å²) in [7, 11) is 0. The largest absolute Gasteiger partial charge is 0.462 e. The molecular formula is C15H21NO2. The van der Waals surface area contributed by atoms with Crippen molar-refractivity contribution >= 4 is 5.97 Å². The van der Waals surface area contributed by atoms with Gasteiger partial charge in [0.1, 0.15) is 11.6 Å². The van der Waals surface area contributed by atoms with Crippen LogP contribution in [0.3, 0.4) is 0 Å². The molecule has 2 saturated carbocycles. The van der Waals surface area contributed by atoms with E-state index in [1.54, 1.807) is 6.92 Å². The lowest BCUT2D eigenvalue weighted by atomic mass is 9.67. The first-order valence-electron chi connectivity index (χ1n) is 6.73. The fourth-order valence-electron chi connectivity index (χ4n) is 3.65. The van der Waals surface area contributed by atoms with Crippen molar-refractivity contribution in [3.05, 3.63) is 11.1 Å². The van der Waals surface area contributed by atoms with E-state index in [0.717, 1.165) is 18.4 Å². The third kappa shape index (κ3) is 1.75. The molecule has 2 aliphatic rings. The molecule has 0 amide bonds. The van der Waals surface area contributed by atoms with E-state index >= 15 is 0 Å². The molecule has 3 nitrogen and oxygen atoms in total. The van der Waals surface area contributed by atoms with Gasteiger partial charge in [-0.2, -0.15) is 5.26 Å². The molecule has 0 spiro atoms. The molecule has 18 heavy (non-hydrogen) atoms. The molecule has 0 unspecified atom stereocenters. The number of allylic oxidation sites excluding steroid dienone is 1. The highest BCUT2D eigenvalue weighted by molar-refractivity contribution is 5.94. The van der Waals surface area contributed by atoms with Crippen LogP contribution in [-0.4, -0.2) is 12.6 Å². The van der Waals surface area contributed by atoms with Crippen molar-refractivity contribution in [1.29, 1.82) is 5.26 Å². The number of carbonyl (C=O) groups excluding carboxylic acids is 1. The van der Waals surface area contributed by atoms with Crippen LogP contribution in [0.4, 0.5) is 0 Å². The van der Waals surface area contributed by atoms with E-state index in [2.05, 4.69) is 26.8 Å². The zero-order valence-electron chi connectivity index (χ0n) is 11.6. The predicted octanol–water partition coefficient (Wildman–Crippen LogP) is 3.07. The van der Waals surface area contributed by atoms with E-state index in [1.165, 1.54) is 0 Å². The van der Waals surface area contributed by atoms with Crippen molar-refractivity contribution in [2.75, 3.05) is 6.61 Å². The Balaban J connectivity index is 2.32. The zero-order chi connectivity index (χ0) is 13.5. The summed E-state index contributed by atoms with van der Waals surface area (Å²) in [5.41, 5.74) is 1.64. The number of esters is 1. The van der Waals surface area contributed by atoms with E-state index < -0.39 is 5.97 Å². The van der Waals surface area contributed by atoms with Crippen molar-refractivity contribution in [3.8, 4) is 6.07 Å². The number of ether oxygens (including phenoxy) is 1. The first kappa shape index (κ1) is 13.1. The molecule has 2 fully saturated rings. The van der Waals surface area contributed by atoms with Crippen molar-refractivity contribution in [2.24, 2.45) is 23.2 Å². The highest BCUT2D eigenvalue weighted by atomic mass is 16.5. The van der Waals surface area contributed by atoms with E-state index in [4.69, 9.17) is 4.74 Å². The topological polar surface area (TPSA) is 50.1 Å². The Morgan fingerprint density at radius 1 is 1.56 bits per heavy atom. The summed E-state index contributed by atoms with van der Waals surface area (Å²) < 4.78 is 4.98. The molecule has 0 N–H and O–H groups in total. The second-order valence-corrected chi connectivity index (χ2v) is 6.09. The lowest BCUT2D eigenvalue weighted by Gasteiger charge is -2.37. The average molecular weight is 247 g/mol. The molecule has 2 bridgehead atoms. The SMILES string of the molecule is CCOC(=O)/C(C#N)=C1\C[C@H]2C[C@@H]1[C@H](C)C2(C)C. The standard InChI is InChI=1S/C15H21NO2/c1-5-18-14(17)13(8-16)12-7-10-6-11(12)9(2)15(10,3)4/h9-11H,5-7H2,1-4H3/b13-12+/t9-,10+,11+/m0/s1. The number of hydrogen-bond acceptors (Lipinski definition) is 3. The van der Waals surface area contributed by atoms with Crippen LogP contribution in [0, 0.1) is 34.5 Å². The smallest absolute Gasteiger partial charge is 0.348 e. The minimum absolute atomic E-state index is 0.270. The van der Waals surface area contributed by atoms with Gasteiger partial charge in [-0.1, -0.05) is 20.8 Å². The first-order valence-corrected chi connectivity index (χ1v) is 6.73. The van der Waals surface area contributed by atoms with Crippen LogP contribution < -0.4 is 0 Å². The van der Waals surface area contributed by atoms with Gasteiger partial charge in [0.05, 0.1) is 6.61 Å².